The summed E-state index contributed by atoms with van der Waals surface area (Å²) in [6.07, 6.45) is 0.998. The minimum atomic E-state index is 0.0355. The molecular formula is C20H24N2OS. The van der Waals surface area contributed by atoms with E-state index in [-0.39, 0.29) is 11.9 Å². The first-order valence-corrected chi connectivity index (χ1v) is 9.49. The summed E-state index contributed by atoms with van der Waals surface area (Å²) in [4.78, 5) is 13.6. The molecule has 4 heteroatoms. The van der Waals surface area contributed by atoms with E-state index in [1.807, 2.05) is 30.3 Å². The van der Waals surface area contributed by atoms with Crippen molar-refractivity contribution in [2.24, 2.45) is 5.92 Å². The number of carbonyl (C=O) groups is 1. The Kier molecular flexibility index (Phi) is 5.94. The Balaban J connectivity index is 1.54. The summed E-state index contributed by atoms with van der Waals surface area (Å²) in [5, 5.41) is 6.53. The van der Waals surface area contributed by atoms with Crippen LogP contribution >= 0.6 is 11.8 Å². The van der Waals surface area contributed by atoms with Crippen molar-refractivity contribution in [2.45, 2.75) is 30.0 Å². The highest BCUT2D eigenvalue weighted by atomic mass is 32.2. The van der Waals surface area contributed by atoms with Crippen molar-refractivity contribution >= 4 is 17.7 Å². The van der Waals surface area contributed by atoms with Crippen LogP contribution in [0.2, 0.25) is 0 Å². The second-order valence-corrected chi connectivity index (χ2v) is 7.40. The van der Waals surface area contributed by atoms with Gasteiger partial charge in [-0.1, -0.05) is 37.3 Å². The quantitative estimate of drug-likeness (QED) is 0.815. The van der Waals surface area contributed by atoms with Gasteiger partial charge in [-0.25, -0.2) is 0 Å². The van der Waals surface area contributed by atoms with Crippen LogP contribution in [0.1, 0.15) is 29.3 Å². The topological polar surface area (TPSA) is 41.1 Å². The van der Waals surface area contributed by atoms with Gasteiger partial charge in [0, 0.05) is 22.3 Å². The first kappa shape index (κ1) is 17.1. The largest absolute Gasteiger partial charge is 0.349 e. The van der Waals surface area contributed by atoms with Crippen LogP contribution in [0.3, 0.4) is 0 Å². The lowest BCUT2D eigenvalue weighted by Gasteiger charge is -2.30. The maximum Gasteiger partial charge on any atom is 0.251 e. The van der Waals surface area contributed by atoms with E-state index in [4.69, 9.17) is 0 Å². The average Bonchev–Trinajstić information content (AvgIpc) is 2.63. The highest BCUT2D eigenvalue weighted by molar-refractivity contribution is 7.98. The van der Waals surface area contributed by atoms with E-state index in [1.54, 1.807) is 11.8 Å². The van der Waals surface area contributed by atoms with Gasteiger partial charge in [-0.15, -0.1) is 11.8 Å². The smallest absolute Gasteiger partial charge is 0.251 e. The maximum absolute atomic E-state index is 12.4. The van der Waals surface area contributed by atoms with Gasteiger partial charge in [0.2, 0.25) is 0 Å². The molecule has 24 heavy (non-hydrogen) atoms. The summed E-state index contributed by atoms with van der Waals surface area (Å²) in [7, 11) is 0. The summed E-state index contributed by atoms with van der Waals surface area (Å²) in [6, 6.07) is 18.6. The number of amides is 1. The van der Waals surface area contributed by atoms with Crippen molar-refractivity contribution in [3.63, 3.8) is 0 Å². The summed E-state index contributed by atoms with van der Waals surface area (Å²) in [5.74, 6) is 1.45. The van der Waals surface area contributed by atoms with E-state index in [9.17, 15) is 4.79 Å². The number of carbonyl (C=O) groups excluding carboxylic acids is 1. The molecule has 0 aromatic heterocycles. The van der Waals surface area contributed by atoms with Gasteiger partial charge in [0.25, 0.3) is 5.91 Å². The molecule has 1 heterocycles. The molecule has 1 aliphatic heterocycles. The van der Waals surface area contributed by atoms with Gasteiger partial charge in [0.15, 0.2) is 0 Å². The van der Waals surface area contributed by atoms with Gasteiger partial charge in [0.05, 0.1) is 0 Å². The molecule has 0 saturated carbocycles. The Bertz CT molecular complexity index is 657. The van der Waals surface area contributed by atoms with Crippen LogP contribution in [-0.4, -0.2) is 25.0 Å². The van der Waals surface area contributed by atoms with Crippen LogP contribution < -0.4 is 10.6 Å². The first-order chi connectivity index (χ1) is 11.7. The molecular weight excluding hydrogens is 316 g/mol. The number of thioether (sulfide) groups is 1. The normalized spacial score (nSPS) is 20.5. The molecule has 2 aromatic carbocycles. The second-order valence-electron chi connectivity index (χ2n) is 6.35. The first-order valence-electron chi connectivity index (χ1n) is 8.51. The molecule has 2 unspecified atom stereocenters. The summed E-state index contributed by atoms with van der Waals surface area (Å²) >= 11 is 1.79. The van der Waals surface area contributed by atoms with Crippen LogP contribution in [0.5, 0.6) is 0 Å². The van der Waals surface area contributed by atoms with E-state index < -0.39 is 0 Å². The monoisotopic (exact) mass is 340 g/mol. The van der Waals surface area contributed by atoms with Crippen molar-refractivity contribution < 1.29 is 4.79 Å². The molecule has 2 atom stereocenters. The predicted octanol–water partition coefficient (Wildman–Crippen LogP) is 3.71. The van der Waals surface area contributed by atoms with Gasteiger partial charge in [-0.3, -0.25) is 4.79 Å². The Morgan fingerprint density at radius 2 is 1.92 bits per heavy atom. The third-order valence-electron chi connectivity index (χ3n) is 4.47. The third-order valence-corrected chi connectivity index (χ3v) is 5.55. The fourth-order valence-electron chi connectivity index (χ4n) is 2.92. The van der Waals surface area contributed by atoms with Crippen LogP contribution in [0, 0.1) is 5.92 Å². The fraction of sp³-hybridized carbons (Fsp3) is 0.350. The third kappa shape index (κ3) is 4.62. The van der Waals surface area contributed by atoms with E-state index in [2.05, 4.69) is 41.8 Å². The van der Waals surface area contributed by atoms with Crippen molar-refractivity contribution in [3.8, 4) is 0 Å². The lowest BCUT2D eigenvalue weighted by molar-refractivity contribution is 0.0914. The molecule has 1 saturated heterocycles. The Morgan fingerprint density at radius 1 is 1.17 bits per heavy atom. The minimum absolute atomic E-state index is 0.0355. The van der Waals surface area contributed by atoms with Crippen LogP contribution in [0.15, 0.2) is 59.5 Å². The molecule has 3 rings (SSSR count). The Morgan fingerprint density at radius 3 is 2.62 bits per heavy atom. The van der Waals surface area contributed by atoms with E-state index >= 15 is 0 Å². The van der Waals surface area contributed by atoms with E-state index in [0.717, 1.165) is 30.8 Å². The number of benzene rings is 2. The lowest BCUT2D eigenvalue weighted by Crippen LogP contribution is -2.48. The van der Waals surface area contributed by atoms with Gasteiger partial charge >= 0.3 is 0 Å². The molecule has 2 N–H and O–H groups in total. The van der Waals surface area contributed by atoms with Crippen LogP contribution in [-0.2, 0) is 5.75 Å². The average molecular weight is 340 g/mol. The highest BCUT2D eigenvalue weighted by Gasteiger charge is 2.22. The number of rotatable bonds is 5. The van der Waals surface area contributed by atoms with Crippen molar-refractivity contribution in [3.05, 3.63) is 65.7 Å². The molecule has 0 aliphatic carbocycles. The molecule has 1 aliphatic rings. The van der Waals surface area contributed by atoms with Crippen LogP contribution in [0.4, 0.5) is 0 Å². The van der Waals surface area contributed by atoms with E-state index in [1.165, 1.54) is 10.5 Å². The predicted molar refractivity (Wildman–Crippen MR) is 100 cm³/mol. The summed E-state index contributed by atoms with van der Waals surface area (Å²) in [6.45, 7) is 4.13. The number of piperidine rings is 1. The zero-order chi connectivity index (χ0) is 16.8. The molecule has 1 amide bonds. The molecule has 1 fully saturated rings. The molecule has 0 bridgehead atoms. The number of hydrogen-bond acceptors (Lipinski definition) is 3. The number of nitrogens with one attached hydrogen (secondary N) is 2. The molecule has 0 radical (unpaired) electrons. The zero-order valence-electron chi connectivity index (χ0n) is 14.0. The fourth-order valence-corrected chi connectivity index (χ4v) is 3.78. The number of hydrogen-bond donors (Lipinski definition) is 2. The molecule has 3 nitrogen and oxygen atoms in total. The van der Waals surface area contributed by atoms with Crippen molar-refractivity contribution in [1.82, 2.24) is 10.6 Å². The Hall–Kier alpha value is -1.78. The minimum Gasteiger partial charge on any atom is -0.349 e. The summed E-state index contributed by atoms with van der Waals surface area (Å²) < 4.78 is 0. The van der Waals surface area contributed by atoms with Gasteiger partial charge < -0.3 is 10.6 Å². The maximum atomic E-state index is 12.4. The Labute approximate surface area is 148 Å². The van der Waals surface area contributed by atoms with Gasteiger partial charge in [-0.05, 0) is 55.3 Å². The molecule has 2 aromatic rings. The molecule has 0 spiro atoms. The standard InChI is InChI=1S/C20H24N2OS/c1-15-13-21-12-11-19(15)22-20(23)17-7-9-18(10-8-17)24-14-16-5-3-2-4-6-16/h2-10,15,19,21H,11-14H2,1H3,(H,22,23). The van der Waals surface area contributed by atoms with Gasteiger partial charge in [0.1, 0.15) is 0 Å². The highest BCUT2D eigenvalue weighted by Crippen LogP contribution is 2.23. The molecule has 126 valence electrons. The second kappa shape index (κ2) is 8.36. The lowest BCUT2D eigenvalue weighted by atomic mass is 9.95. The SMILES string of the molecule is CC1CNCCC1NC(=O)c1ccc(SCc2ccccc2)cc1. The summed E-state index contributed by atoms with van der Waals surface area (Å²) in [5.41, 5.74) is 2.05. The van der Waals surface area contributed by atoms with Gasteiger partial charge in [-0.2, -0.15) is 0 Å². The van der Waals surface area contributed by atoms with Crippen molar-refractivity contribution in [2.75, 3.05) is 13.1 Å². The van der Waals surface area contributed by atoms with E-state index in [0.29, 0.717) is 5.92 Å². The van der Waals surface area contributed by atoms with Crippen LogP contribution in [0.25, 0.3) is 0 Å². The van der Waals surface area contributed by atoms with Crippen molar-refractivity contribution in [1.29, 1.82) is 0 Å². The zero-order valence-corrected chi connectivity index (χ0v) is 14.8.